The zero-order valence-electron chi connectivity index (χ0n) is 12.3. The molecule has 1 heterocycles. The Morgan fingerprint density at radius 2 is 2.19 bits per heavy atom. The third-order valence-corrected chi connectivity index (χ3v) is 3.08. The van der Waals surface area contributed by atoms with E-state index in [9.17, 15) is 4.79 Å². The van der Waals surface area contributed by atoms with Gasteiger partial charge in [0, 0.05) is 6.54 Å². The van der Waals surface area contributed by atoms with Gasteiger partial charge in [-0.2, -0.15) is 0 Å². The smallest absolute Gasteiger partial charge is 0.255 e. The highest BCUT2D eigenvalue weighted by molar-refractivity contribution is 5.75. The highest BCUT2D eigenvalue weighted by Gasteiger charge is 2.09. The Labute approximate surface area is 124 Å². The quantitative estimate of drug-likeness (QED) is 0.819. The predicted molar refractivity (Wildman–Crippen MR) is 79.8 cm³/mol. The highest BCUT2D eigenvalue weighted by atomic mass is 16.5. The molecule has 0 unspecified atom stereocenters. The lowest BCUT2D eigenvalue weighted by molar-refractivity contribution is -0.119. The number of hydrogen-bond acceptors (Lipinski definition) is 4. The van der Waals surface area contributed by atoms with Gasteiger partial charge in [0.15, 0.2) is 6.61 Å². The Morgan fingerprint density at radius 3 is 2.86 bits per heavy atom. The summed E-state index contributed by atoms with van der Waals surface area (Å²) >= 11 is 0. The van der Waals surface area contributed by atoms with Crippen LogP contribution >= 0.6 is 0 Å². The average molecular weight is 288 g/mol. The van der Waals surface area contributed by atoms with E-state index < -0.39 is 5.91 Å². The normalized spacial score (nSPS) is 12.1. The van der Waals surface area contributed by atoms with Crippen LogP contribution in [-0.4, -0.2) is 12.5 Å². The fourth-order valence-electron chi connectivity index (χ4n) is 1.96. The van der Waals surface area contributed by atoms with Crippen molar-refractivity contribution in [3.63, 3.8) is 0 Å². The molecule has 1 aromatic heterocycles. The largest absolute Gasteiger partial charge is 0.484 e. The number of carbonyl (C=O) groups excluding carboxylic acids is 1. The summed E-state index contributed by atoms with van der Waals surface area (Å²) in [6.45, 7) is 4.54. The molecule has 112 valence electrons. The van der Waals surface area contributed by atoms with Crippen LogP contribution in [0.3, 0.4) is 0 Å². The van der Waals surface area contributed by atoms with Crippen LogP contribution in [0, 0.1) is 6.92 Å². The molecule has 2 aromatic rings. The first-order valence-corrected chi connectivity index (χ1v) is 6.84. The van der Waals surface area contributed by atoms with Crippen molar-refractivity contribution < 1.29 is 13.9 Å². The molecule has 0 aliphatic rings. The zero-order valence-corrected chi connectivity index (χ0v) is 12.3. The number of benzene rings is 1. The second-order valence-electron chi connectivity index (χ2n) is 4.95. The number of primary amides is 1. The summed E-state index contributed by atoms with van der Waals surface area (Å²) in [7, 11) is 0. The first kappa shape index (κ1) is 15.1. The molecular weight excluding hydrogens is 268 g/mol. The van der Waals surface area contributed by atoms with Gasteiger partial charge in [0.1, 0.15) is 17.3 Å². The maximum Gasteiger partial charge on any atom is 0.255 e. The SMILES string of the molecule is Cc1ccc([C@@H](C)NCc2cccc(OCC(N)=O)c2)o1. The summed E-state index contributed by atoms with van der Waals surface area (Å²) in [5.74, 6) is 1.96. The van der Waals surface area contributed by atoms with Crippen LogP contribution in [0.25, 0.3) is 0 Å². The van der Waals surface area contributed by atoms with E-state index in [4.69, 9.17) is 14.9 Å². The van der Waals surface area contributed by atoms with Crippen molar-refractivity contribution in [1.29, 1.82) is 0 Å². The topological polar surface area (TPSA) is 77.5 Å². The van der Waals surface area contributed by atoms with Gasteiger partial charge >= 0.3 is 0 Å². The Hall–Kier alpha value is -2.27. The number of rotatable bonds is 7. The van der Waals surface area contributed by atoms with E-state index in [1.807, 2.05) is 44.2 Å². The number of furan rings is 1. The maximum absolute atomic E-state index is 10.7. The number of ether oxygens (including phenoxy) is 1. The lowest BCUT2D eigenvalue weighted by atomic mass is 10.2. The van der Waals surface area contributed by atoms with E-state index >= 15 is 0 Å². The summed E-state index contributed by atoms with van der Waals surface area (Å²) < 4.78 is 10.9. The molecule has 5 nitrogen and oxygen atoms in total. The minimum absolute atomic E-state index is 0.112. The van der Waals surface area contributed by atoms with Crippen molar-refractivity contribution in [3.05, 3.63) is 53.5 Å². The fourth-order valence-corrected chi connectivity index (χ4v) is 1.96. The van der Waals surface area contributed by atoms with Gasteiger partial charge in [0.05, 0.1) is 6.04 Å². The highest BCUT2D eigenvalue weighted by Crippen LogP contribution is 2.17. The van der Waals surface area contributed by atoms with Crippen molar-refractivity contribution >= 4 is 5.91 Å². The molecule has 0 fully saturated rings. The first-order valence-electron chi connectivity index (χ1n) is 6.84. The number of aryl methyl sites for hydroxylation is 1. The zero-order chi connectivity index (χ0) is 15.2. The Kier molecular flexibility index (Phi) is 5.00. The molecule has 5 heteroatoms. The molecule has 0 aliphatic heterocycles. The van der Waals surface area contributed by atoms with E-state index in [2.05, 4.69) is 5.32 Å². The van der Waals surface area contributed by atoms with Crippen molar-refractivity contribution in [1.82, 2.24) is 5.32 Å². The van der Waals surface area contributed by atoms with E-state index in [1.54, 1.807) is 6.07 Å². The van der Waals surface area contributed by atoms with Gasteiger partial charge in [-0.25, -0.2) is 0 Å². The average Bonchev–Trinajstić information content (AvgIpc) is 2.90. The van der Waals surface area contributed by atoms with Gasteiger partial charge in [0.25, 0.3) is 5.91 Å². The molecule has 21 heavy (non-hydrogen) atoms. The van der Waals surface area contributed by atoms with Crippen LogP contribution in [0.1, 0.15) is 30.0 Å². The lowest BCUT2D eigenvalue weighted by Gasteiger charge is -2.12. The van der Waals surface area contributed by atoms with Crippen LogP contribution in [-0.2, 0) is 11.3 Å². The lowest BCUT2D eigenvalue weighted by Crippen LogP contribution is -2.20. The maximum atomic E-state index is 10.7. The summed E-state index contributed by atoms with van der Waals surface area (Å²) in [4.78, 5) is 10.7. The van der Waals surface area contributed by atoms with Crippen LogP contribution in [0.4, 0.5) is 0 Å². The van der Waals surface area contributed by atoms with Crippen molar-refractivity contribution in [2.75, 3.05) is 6.61 Å². The molecule has 0 bridgehead atoms. The molecule has 1 amide bonds. The molecule has 1 aromatic carbocycles. The minimum atomic E-state index is -0.486. The summed E-state index contributed by atoms with van der Waals surface area (Å²) in [6, 6.07) is 11.6. The number of carbonyl (C=O) groups is 1. The van der Waals surface area contributed by atoms with Gasteiger partial charge in [-0.15, -0.1) is 0 Å². The molecular formula is C16H20N2O3. The Morgan fingerprint density at radius 1 is 1.38 bits per heavy atom. The van der Waals surface area contributed by atoms with Gasteiger partial charge in [-0.1, -0.05) is 12.1 Å². The molecule has 0 spiro atoms. The summed E-state index contributed by atoms with van der Waals surface area (Å²) in [5, 5.41) is 3.38. The number of amides is 1. The second kappa shape index (κ2) is 6.95. The van der Waals surface area contributed by atoms with E-state index in [0.717, 1.165) is 17.1 Å². The number of hydrogen-bond donors (Lipinski definition) is 2. The minimum Gasteiger partial charge on any atom is -0.484 e. The van der Waals surface area contributed by atoms with Crippen LogP contribution in [0.15, 0.2) is 40.8 Å². The molecule has 3 N–H and O–H groups in total. The van der Waals surface area contributed by atoms with Gasteiger partial charge in [-0.3, -0.25) is 4.79 Å². The first-order chi connectivity index (χ1) is 10.0. The van der Waals surface area contributed by atoms with Crippen molar-refractivity contribution in [2.24, 2.45) is 5.73 Å². The van der Waals surface area contributed by atoms with E-state index in [1.165, 1.54) is 0 Å². The number of nitrogens with two attached hydrogens (primary N) is 1. The standard InChI is InChI=1S/C16H20N2O3/c1-11-6-7-15(21-11)12(2)18-9-13-4-3-5-14(8-13)20-10-16(17)19/h3-8,12,18H,9-10H2,1-2H3,(H2,17,19)/t12-/m1/s1. The molecule has 1 atom stereocenters. The molecule has 0 radical (unpaired) electrons. The number of nitrogens with one attached hydrogen (secondary N) is 1. The molecule has 0 aliphatic carbocycles. The van der Waals surface area contributed by atoms with Crippen molar-refractivity contribution in [3.8, 4) is 5.75 Å². The monoisotopic (exact) mass is 288 g/mol. The van der Waals surface area contributed by atoms with Gasteiger partial charge in [-0.05, 0) is 43.7 Å². The molecule has 2 rings (SSSR count). The van der Waals surface area contributed by atoms with Gasteiger partial charge in [0.2, 0.25) is 0 Å². The molecule has 0 saturated heterocycles. The Balaban J connectivity index is 1.90. The second-order valence-corrected chi connectivity index (χ2v) is 4.95. The summed E-state index contributed by atoms with van der Waals surface area (Å²) in [6.07, 6.45) is 0. The predicted octanol–water partition coefficient (Wildman–Crippen LogP) is 2.30. The van der Waals surface area contributed by atoms with Crippen LogP contribution in [0.2, 0.25) is 0 Å². The van der Waals surface area contributed by atoms with Crippen LogP contribution in [0.5, 0.6) is 5.75 Å². The van der Waals surface area contributed by atoms with E-state index in [-0.39, 0.29) is 12.6 Å². The molecule has 0 saturated carbocycles. The van der Waals surface area contributed by atoms with Gasteiger partial charge < -0.3 is 20.2 Å². The fraction of sp³-hybridized carbons (Fsp3) is 0.312. The van der Waals surface area contributed by atoms with Crippen LogP contribution < -0.4 is 15.8 Å². The summed E-state index contributed by atoms with van der Waals surface area (Å²) in [5.41, 5.74) is 6.12. The third kappa shape index (κ3) is 4.65. The van der Waals surface area contributed by atoms with E-state index in [0.29, 0.717) is 12.3 Å². The Bertz CT molecular complexity index is 607. The third-order valence-electron chi connectivity index (χ3n) is 3.08. The van der Waals surface area contributed by atoms with Crippen molar-refractivity contribution in [2.45, 2.75) is 26.4 Å².